The standard InChI is InChI=1S/C16H22N2O2/c1-3-14-16(20)18(10-9-15(19)17-14)11-12(2)13-7-5-4-6-8-13/h4-8,12,14H,3,9-11H2,1-2H3,(H,17,19). The molecule has 1 aliphatic heterocycles. The third kappa shape index (κ3) is 3.38. The molecule has 1 N–H and O–H groups in total. The van der Waals surface area contributed by atoms with Crippen molar-refractivity contribution in [2.24, 2.45) is 0 Å². The Morgan fingerprint density at radius 3 is 2.65 bits per heavy atom. The van der Waals surface area contributed by atoms with Gasteiger partial charge in [-0.25, -0.2) is 0 Å². The second-order valence-electron chi connectivity index (χ2n) is 5.37. The molecule has 0 bridgehead atoms. The molecule has 1 aromatic carbocycles. The summed E-state index contributed by atoms with van der Waals surface area (Å²) in [5.41, 5.74) is 1.22. The van der Waals surface area contributed by atoms with E-state index >= 15 is 0 Å². The molecule has 1 aromatic rings. The van der Waals surface area contributed by atoms with E-state index in [0.29, 0.717) is 25.9 Å². The number of nitrogens with one attached hydrogen (secondary N) is 1. The van der Waals surface area contributed by atoms with Crippen LogP contribution >= 0.6 is 0 Å². The Morgan fingerprint density at radius 2 is 2.00 bits per heavy atom. The minimum Gasteiger partial charge on any atom is -0.344 e. The fraction of sp³-hybridized carbons (Fsp3) is 0.500. The maximum atomic E-state index is 12.4. The van der Waals surface area contributed by atoms with Crippen molar-refractivity contribution in [3.63, 3.8) is 0 Å². The van der Waals surface area contributed by atoms with Crippen molar-refractivity contribution in [2.75, 3.05) is 13.1 Å². The fourth-order valence-corrected chi connectivity index (χ4v) is 2.57. The lowest BCUT2D eigenvalue weighted by atomic mass is 10.0. The predicted molar refractivity (Wildman–Crippen MR) is 78.3 cm³/mol. The Bertz CT molecular complexity index is 473. The van der Waals surface area contributed by atoms with Gasteiger partial charge >= 0.3 is 0 Å². The van der Waals surface area contributed by atoms with E-state index < -0.39 is 0 Å². The number of amides is 2. The Kier molecular flexibility index (Phi) is 4.77. The molecule has 0 saturated carbocycles. The number of hydrogen-bond donors (Lipinski definition) is 1. The van der Waals surface area contributed by atoms with Crippen LogP contribution in [-0.2, 0) is 9.59 Å². The van der Waals surface area contributed by atoms with Crippen LogP contribution in [0.1, 0.15) is 38.2 Å². The summed E-state index contributed by atoms with van der Waals surface area (Å²) in [5, 5.41) is 2.79. The largest absolute Gasteiger partial charge is 0.344 e. The number of nitrogens with zero attached hydrogens (tertiary/aromatic N) is 1. The van der Waals surface area contributed by atoms with Gasteiger partial charge in [-0.15, -0.1) is 0 Å². The van der Waals surface area contributed by atoms with Gasteiger partial charge in [-0.2, -0.15) is 0 Å². The summed E-state index contributed by atoms with van der Waals surface area (Å²) in [7, 11) is 0. The average Bonchev–Trinajstić information content (AvgIpc) is 2.61. The van der Waals surface area contributed by atoms with E-state index in [1.165, 1.54) is 5.56 Å². The second kappa shape index (κ2) is 6.55. The van der Waals surface area contributed by atoms with Gasteiger partial charge in [0.15, 0.2) is 0 Å². The molecule has 2 unspecified atom stereocenters. The van der Waals surface area contributed by atoms with Crippen molar-refractivity contribution in [1.29, 1.82) is 0 Å². The average molecular weight is 274 g/mol. The van der Waals surface area contributed by atoms with Gasteiger partial charge in [0.2, 0.25) is 11.8 Å². The van der Waals surface area contributed by atoms with E-state index in [0.717, 1.165) is 0 Å². The molecule has 108 valence electrons. The predicted octanol–water partition coefficient (Wildman–Crippen LogP) is 1.92. The van der Waals surface area contributed by atoms with Gasteiger partial charge < -0.3 is 10.2 Å². The molecule has 4 nitrogen and oxygen atoms in total. The summed E-state index contributed by atoms with van der Waals surface area (Å²) in [6.07, 6.45) is 1.03. The molecule has 0 aliphatic carbocycles. The Morgan fingerprint density at radius 1 is 1.30 bits per heavy atom. The van der Waals surface area contributed by atoms with Crippen LogP contribution in [0.4, 0.5) is 0 Å². The number of benzene rings is 1. The van der Waals surface area contributed by atoms with Gasteiger partial charge in [0.1, 0.15) is 6.04 Å². The van der Waals surface area contributed by atoms with Crippen molar-refractivity contribution in [2.45, 2.75) is 38.6 Å². The number of hydrogen-bond acceptors (Lipinski definition) is 2. The minimum absolute atomic E-state index is 0.0277. The van der Waals surface area contributed by atoms with Crippen LogP contribution in [0.15, 0.2) is 30.3 Å². The summed E-state index contributed by atoms with van der Waals surface area (Å²) in [6.45, 7) is 5.21. The molecule has 0 aromatic heterocycles. The van der Waals surface area contributed by atoms with Crippen LogP contribution in [0.25, 0.3) is 0 Å². The van der Waals surface area contributed by atoms with Gasteiger partial charge in [0.05, 0.1) is 0 Å². The van der Waals surface area contributed by atoms with Crippen LogP contribution in [0, 0.1) is 0 Å². The number of carbonyl (C=O) groups is 2. The number of rotatable bonds is 4. The molecule has 1 fully saturated rings. The molecule has 2 atom stereocenters. The second-order valence-corrected chi connectivity index (χ2v) is 5.37. The molecular weight excluding hydrogens is 252 g/mol. The molecule has 2 amide bonds. The van der Waals surface area contributed by atoms with E-state index in [9.17, 15) is 9.59 Å². The topological polar surface area (TPSA) is 49.4 Å². The highest BCUT2D eigenvalue weighted by Gasteiger charge is 2.29. The monoisotopic (exact) mass is 274 g/mol. The van der Waals surface area contributed by atoms with Crippen molar-refractivity contribution in [3.05, 3.63) is 35.9 Å². The highest BCUT2D eigenvalue weighted by atomic mass is 16.2. The summed E-state index contributed by atoms with van der Waals surface area (Å²) >= 11 is 0. The van der Waals surface area contributed by atoms with E-state index in [1.807, 2.05) is 30.0 Å². The zero-order chi connectivity index (χ0) is 14.5. The first-order valence-electron chi connectivity index (χ1n) is 7.25. The highest BCUT2D eigenvalue weighted by molar-refractivity contribution is 5.89. The third-order valence-electron chi connectivity index (χ3n) is 3.82. The molecule has 0 radical (unpaired) electrons. The maximum absolute atomic E-state index is 12.4. The van der Waals surface area contributed by atoms with Crippen LogP contribution in [0.2, 0.25) is 0 Å². The zero-order valence-corrected chi connectivity index (χ0v) is 12.1. The van der Waals surface area contributed by atoms with Crippen molar-refractivity contribution in [3.8, 4) is 0 Å². The van der Waals surface area contributed by atoms with Crippen LogP contribution in [-0.4, -0.2) is 35.8 Å². The lowest BCUT2D eigenvalue weighted by molar-refractivity contribution is -0.133. The van der Waals surface area contributed by atoms with Crippen LogP contribution in [0.5, 0.6) is 0 Å². The van der Waals surface area contributed by atoms with Gasteiger partial charge in [-0.1, -0.05) is 44.2 Å². The van der Waals surface area contributed by atoms with E-state index in [1.54, 1.807) is 0 Å². The first kappa shape index (κ1) is 14.6. The highest BCUT2D eigenvalue weighted by Crippen LogP contribution is 2.18. The third-order valence-corrected chi connectivity index (χ3v) is 3.82. The Hall–Kier alpha value is -1.84. The molecule has 4 heteroatoms. The summed E-state index contributed by atoms with van der Waals surface area (Å²) in [5.74, 6) is 0.284. The molecule has 1 aliphatic rings. The Labute approximate surface area is 120 Å². The van der Waals surface area contributed by atoms with E-state index in [2.05, 4.69) is 24.4 Å². The molecule has 20 heavy (non-hydrogen) atoms. The summed E-state index contributed by atoms with van der Waals surface area (Å²) < 4.78 is 0. The SMILES string of the molecule is CCC1NC(=O)CCN(CC(C)c2ccccc2)C1=O. The van der Waals surface area contributed by atoms with Crippen LogP contribution < -0.4 is 5.32 Å². The van der Waals surface area contributed by atoms with Gasteiger partial charge in [0.25, 0.3) is 0 Å². The Balaban J connectivity index is 2.07. The quantitative estimate of drug-likeness (QED) is 0.912. The molecule has 1 saturated heterocycles. The van der Waals surface area contributed by atoms with Crippen molar-refractivity contribution >= 4 is 11.8 Å². The fourth-order valence-electron chi connectivity index (χ4n) is 2.57. The molecule has 2 rings (SSSR count). The molecular formula is C16H22N2O2. The normalized spacial score (nSPS) is 21.3. The first-order chi connectivity index (χ1) is 9.61. The molecule has 0 spiro atoms. The lowest BCUT2D eigenvalue weighted by Gasteiger charge is -2.26. The van der Waals surface area contributed by atoms with Gasteiger partial charge in [0, 0.05) is 19.5 Å². The number of carbonyl (C=O) groups excluding carboxylic acids is 2. The van der Waals surface area contributed by atoms with E-state index in [-0.39, 0.29) is 23.8 Å². The van der Waals surface area contributed by atoms with Crippen molar-refractivity contribution in [1.82, 2.24) is 10.2 Å². The summed E-state index contributed by atoms with van der Waals surface area (Å²) in [4.78, 5) is 25.8. The zero-order valence-electron chi connectivity index (χ0n) is 12.1. The van der Waals surface area contributed by atoms with E-state index in [4.69, 9.17) is 0 Å². The van der Waals surface area contributed by atoms with Gasteiger partial charge in [-0.3, -0.25) is 9.59 Å². The van der Waals surface area contributed by atoms with Gasteiger partial charge in [-0.05, 0) is 17.9 Å². The maximum Gasteiger partial charge on any atom is 0.245 e. The molecule has 1 heterocycles. The van der Waals surface area contributed by atoms with Crippen molar-refractivity contribution < 1.29 is 9.59 Å². The minimum atomic E-state index is -0.368. The van der Waals surface area contributed by atoms with Crippen LogP contribution in [0.3, 0.4) is 0 Å². The smallest absolute Gasteiger partial charge is 0.245 e. The summed E-state index contributed by atoms with van der Waals surface area (Å²) in [6, 6.07) is 9.80. The first-order valence-corrected chi connectivity index (χ1v) is 7.25. The lowest BCUT2D eigenvalue weighted by Crippen LogP contribution is -2.45.